The summed E-state index contributed by atoms with van der Waals surface area (Å²) in [4.78, 5) is 8.74. The Bertz CT molecular complexity index is 1510. The Morgan fingerprint density at radius 3 is 2.76 bits per heavy atom. The van der Waals surface area contributed by atoms with Crippen LogP contribution in [-0.4, -0.2) is 52.3 Å². The number of ether oxygens (including phenoxy) is 1. The van der Waals surface area contributed by atoms with Crippen molar-refractivity contribution in [3.8, 4) is 23.1 Å². The van der Waals surface area contributed by atoms with Crippen molar-refractivity contribution in [1.29, 1.82) is 5.26 Å². The van der Waals surface area contributed by atoms with Gasteiger partial charge in [-0.3, -0.25) is 0 Å². The highest BCUT2D eigenvalue weighted by molar-refractivity contribution is 5.67. The first-order valence-electron chi connectivity index (χ1n) is 12.5. The number of nitriles is 1. The van der Waals surface area contributed by atoms with Gasteiger partial charge in [0.25, 0.3) is 0 Å². The van der Waals surface area contributed by atoms with E-state index in [9.17, 15) is 14.0 Å². The normalized spacial score (nSPS) is 20.0. The summed E-state index contributed by atoms with van der Waals surface area (Å²) in [5.41, 5.74) is 3.07. The Hall–Kier alpha value is -4.03. The maximum atomic E-state index is 14.6. The van der Waals surface area contributed by atoms with Crippen molar-refractivity contribution in [1.82, 2.24) is 19.5 Å². The molecule has 2 aromatic heterocycles. The van der Waals surface area contributed by atoms with Crippen molar-refractivity contribution in [3.63, 3.8) is 0 Å². The summed E-state index contributed by atoms with van der Waals surface area (Å²) in [5, 5.41) is 14.5. The maximum Gasteiger partial charge on any atom is 0.154 e. The fourth-order valence-electron chi connectivity index (χ4n) is 5.39. The van der Waals surface area contributed by atoms with Gasteiger partial charge in [0.15, 0.2) is 5.65 Å². The van der Waals surface area contributed by atoms with E-state index in [4.69, 9.17) is 9.84 Å². The van der Waals surface area contributed by atoms with E-state index in [0.717, 1.165) is 43.3 Å². The van der Waals surface area contributed by atoms with Crippen LogP contribution in [0.25, 0.3) is 16.9 Å². The molecule has 4 aromatic rings. The number of nitrogens with zero attached hydrogens (tertiary/aromatic N) is 6. The monoisotopic (exact) mass is 500 g/mol. The lowest BCUT2D eigenvalue weighted by Gasteiger charge is -2.26. The molecule has 2 aliphatic heterocycles. The van der Waals surface area contributed by atoms with Crippen molar-refractivity contribution >= 4 is 11.5 Å². The Balaban J connectivity index is 1.36. The van der Waals surface area contributed by atoms with Crippen LogP contribution in [0.5, 0.6) is 5.75 Å². The standard InChI is InChI=1S/C28H26F2N6O/c1-34-12-10-21(17-34)37-26-13-18(4-5-19(26)15-31)25-16-32-27-8-9-28(33-36(25)27)35-11-2-3-24(35)22-14-20(29)6-7-23(22)30/h4-9,13-14,16,21,24H,2-3,10-12,17H2,1H3. The van der Waals surface area contributed by atoms with Crippen molar-refractivity contribution in [2.45, 2.75) is 31.4 Å². The third-order valence-electron chi connectivity index (χ3n) is 7.25. The lowest BCUT2D eigenvalue weighted by Crippen LogP contribution is -2.25. The fourth-order valence-corrected chi connectivity index (χ4v) is 5.39. The molecule has 0 amide bonds. The van der Waals surface area contributed by atoms with Crippen LogP contribution in [-0.2, 0) is 0 Å². The largest absolute Gasteiger partial charge is 0.488 e. The number of fused-ring (bicyclic) bond motifs is 1. The molecule has 9 heteroatoms. The maximum absolute atomic E-state index is 14.6. The molecule has 0 radical (unpaired) electrons. The Morgan fingerprint density at radius 1 is 1.05 bits per heavy atom. The minimum absolute atomic E-state index is 0.0366. The first kappa shape index (κ1) is 23.4. The Kier molecular flexibility index (Phi) is 5.97. The van der Waals surface area contributed by atoms with Crippen LogP contribution in [0.4, 0.5) is 14.6 Å². The van der Waals surface area contributed by atoms with Crippen LogP contribution in [0.2, 0.25) is 0 Å². The summed E-state index contributed by atoms with van der Waals surface area (Å²) in [6.45, 7) is 2.47. The summed E-state index contributed by atoms with van der Waals surface area (Å²) in [5.74, 6) is 0.345. The van der Waals surface area contributed by atoms with E-state index < -0.39 is 11.6 Å². The Labute approximate surface area is 213 Å². The summed E-state index contributed by atoms with van der Waals surface area (Å²) in [6.07, 6.45) is 4.26. The molecule has 2 atom stereocenters. The lowest BCUT2D eigenvalue weighted by atomic mass is 10.0. The molecule has 0 bridgehead atoms. The number of likely N-dealkylation sites (tertiary alicyclic amines) is 1. The van der Waals surface area contributed by atoms with Crippen LogP contribution in [0, 0.1) is 23.0 Å². The van der Waals surface area contributed by atoms with Crippen LogP contribution in [0.15, 0.2) is 54.7 Å². The molecular formula is C28H26F2N6O. The van der Waals surface area contributed by atoms with E-state index in [-0.39, 0.29) is 12.1 Å². The molecular weight excluding hydrogens is 474 g/mol. The molecule has 4 heterocycles. The smallest absolute Gasteiger partial charge is 0.154 e. The van der Waals surface area contributed by atoms with E-state index in [1.54, 1.807) is 16.8 Å². The number of imidazole rings is 1. The van der Waals surface area contributed by atoms with Gasteiger partial charge in [-0.15, -0.1) is 5.10 Å². The first-order valence-corrected chi connectivity index (χ1v) is 12.5. The predicted molar refractivity (Wildman–Crippen MR) is 135 cm³/mol. The number of aromatic nitrogens is 3. The molecule has 2 unspecified atom stereocenters. The number of anilines is 1. The number of benzene rings is 2. The molecule has 2 fully saturated rings. The summed E-state index contributed by atoms with van der Waals surface area (Å²) >= 11 is 0. The molecule has 37 heavy (non-hydrogen) atoms. The van der Waals surface area contributed by atoms with Gasteiger partial charge in [0, 0.05) is 30.8 Å². The van der Waals surface area contributed by atoms with Gasteiger partial charge in [-0.2, -0.15) is 5.26 Å². The van der Waals surface area contributed by atoms with Crippen molar-refractivity contribution in [2.24, 2.45) is 0 Å². The van der Waals surface area contributed by atoms with E-state index in [0.29, 0.717) is 41.3 Å². The zero-order valence-corrected chi connectivity index (χ0v) is 20.4. The second kappa shape index (κ2) is 9.45. The average molecular weight is 501 g/mol. The average Bonchev–Trinajstić information content (AvgIpc) is 3.65. The molecule has 2 saturated heterocycles. The number of halogens is 2. The summed E-state index contributed by atoms with van der Waals surface area (Å²) in [6, 6.07) is 14.8. The van der Waals surface area contributed by atoms with Gasteiger partial charge in [0.2, 0.25) is 0 Å². The second-order valence-electron chi connectivity index (χ2n) is 9.74. The van der Waals surface area contributed by atoms with Crippen LogP contribution < -0.4 is 9.64 Å². The number of likely N-dealkylation sites (N-methyl/N-ethyl adjacent to an activating group) is 1. The first-order chi connectivity index (χ1) is 18.0. The van der Waals surface area contributed by atoms with Crippen LogP contribution >= 0.6 is 0 Å². The molecule has 0 spiro atoms. The number of hydrogen-bond donors (Lipinski definition) is 0. The molecule has 0 aliphatic carbocycles. The van der Waals surface area contributed by atoms with Gasteiger partial charge in [-0.05, 0) is 68.8 Å². The van der Waals surface area contributed by atoms with Gasteiger partial charge in [0.1, 0.15) is 35.4 Å². The van der Waals surface area contributed by atoms with E-state index in [1.807, 2.05) is 29.2 Å². The van der Waals surface area contributed by atoms with E-state index in [2.05, 4.69) is 23.0 Å². The van der Waals surface area contributed by atoms with Gasteiger partial charge in [-0.1, -0.05) is 6.07 Å². The third-order valence-corrected chi connectivity index (χ3v) is 7.25. The van der Waals surface area contributed by atoms with E-state index in [1.165, 1.54) is 12.1 Å². The summed E-state index contributed by atoms with van der Waals surface area (Å²) < 4.78 is 36.5. The minimum Gasteiger partial charge on any atom is -0.488 e. The van der Waals surface area contributed by atoms with Crippen molar-refractivity contribution in [3.05, 3.63) is 77.5 Å². The SMILES string of the molecule is CN1CCC(Oc2cc(-c3cnc4ccc(N5CCCC5c5cc(F)ccc5F)nn34)ccc2C#N)C1. The van der Waals surface area contributed by atoms with Crippen LogP contribution in [0.1, 0.15) is 36.4 Å². The molecule has 0 N–H and O–H groups in total. The molecule has 2 aliphatic rings. The van der Waals surface area contributed by atoms with Gasteiger partial charge in [-0.25, -0.2) is 18.3 Å². The van der Waals surface area contributed by atoms with Gasteiger partial charge >= 0.3 is 0 Å². The van der Waals surface area contributed by atoms with Crippen LogP contribution in [0.3, 0.4) is 0 Å². The van der Waals surface area contributed by atoms with Gasteiger partial charge in [0.05, 0.1) is 23.5 Å². The highest BCUT2D eigenvalue weighted by Gasteiger charge is 2.30. The predicted octanol–water partition coefficient (Wildman–Crippen LogP) is 4.97. The van der Waals surface area contributed by atoms with E-state index >= 15 is 0 Å². The topological polar surface area (TPSA) is 69.7 Å². The Morgan fingerprint density at radius 2 is 1.95 bits per heavy atom. The second-order valence-corrected chi connectivity index (χ2v) is 9.74. The minimum atomic E-state index is -0.452. The zero-order valence-electron chi connectivity index (χ0n) is 20.4. The number of rotatable bonds is 5. The number of hydrogen-bond acceptors (Lipinski definition) is 6. The summed E-state index contributed by atoms with van der Waals surface area (Å²) in [7, 11) is 2.06. The van der Waals surface area contributed by atoms with Crippen molar-refractivity contribution in [2.75, 3.05) is 31.6 Å². The molecule has 188 valence electrons. The highest BCUT2D eigenvalue weighted by atomic mass is 19.1. The van der Waals surface area contributed by atoms with Crippen molar-refractivity contribution < 1.29 is 13.5 Å². The zero-order chi connectivity index (χ0) is 25.5. The molecule has 0 saturated carbocycles. The lowest BCUT2D eigenvalue weighted by molar-refractivity contribution is 0.207. The molecule has 7 nitrogen and oxygen atoms in total. The quantitative estimate of drug-likeness (QED) is 0.385. The molecule has 6 rings (SSSR count). The highest BCUT2D eigenvalue weighted by Crippen LogP contribution is 2.37. The van der Waals surface area contributed by atoms with Gasteiger partial charge < -0.3 is 14.5 Å². The third kappa shape index (κ3) is 4.38. The molecule has 2 aromatic carbocycles. The fraction of sp³-hybridized carbons (Fsp3) is 0.321.